The first kappa shape index (κ1) is 31.2. The van der Waals surface area contributed by atoms with Gasteiger partial charge in [-0.05, 0) is 24.3 Å². The monoisotopic (exact) mass is 424 g/mol. The van der Waals surface area contributed by atoms with Gasteiger partial charge in [0.2, 0.25) is 11.4 Å². The number of hydrogen-bond acceptors (Lipinski definition) is 6. The zero-order valence-electron chi connectivity index (χ0n) is 15.4. The average molecular weight is 425 g/mol. The Morgan fingerprint density at radius 3 is 1.10 bits per heavy atom. The van der Waals surface area contributed by atoms with E-state index in [1.165, 1.54) is 24.3 Å². The van der Waals surface area contributed by atoms with E-state index in [9.17, 15) is 29.8 Å². The maximum atomic E-state index is 10.1. The maximum absolute atomic E-state index is 10.1. The second kappa shape index (κ2) is 16.4. The fourth-order valence-electron chi connectivity index (χ4n) is 1.36. The molecule has 29 heavy (non-hydrogen) atoms. The summed E-state index contributed by atoms with van der Waals surface area (Å²) in [7, 11) is 0. The van der Waals surface area contributed by atoms with E-state index in [2.05, 4.69) is 13.8 Å². The molecule has 0 aliphatic carbocycles. The molecule has 10 nitrogen and oxygen atoms in total. The van der Waals surface area contributed by atoms with Gasteiger partial charge >= 0.3 is 58.0 Å². The van der Waals surface area contributed by atoms with E-state index in [-0.39, 0.29) is 57.5 Å². The summed E-state index contributed by atoms with van der Waals surface area (Å²) in [4.78, 5) is 38.2. The van der Waals surface area contributed by atoms with Gasteiger partial charge in [0.25, 0.3) is 0 Å². The summed E-state index contributed by atoms with van der Waals surface area (Å²) < 4.78 is 0. The molecule has 0 amide bonds. The van der Waals surface area contributed by atoms with Crippen molar-refractivity contribution in [3.8, 4) is 0 Å². The van der Waals surface area contributed by atoms with Crippen molar-refractivity contribution in [1.82, 2.24) is 0 Å². The van der Waals surface area contributed by atoms with Crippen LogP contribution in [-0.2, 0) is 9.59 Å². The van der Waals surface area contributed by atoms with Gasteiger partial charge in [0.05, 0.1) is 9.85 Å². The fourth-order valence-corrected chi connectivity index (χ4v) is 1.36. The molecule has 0 saturated carbocycles. The van der Waals surface area contributed by atoms with E-state index in [0.29, 0.717) is 0 Å². The van der Waals surface area contributed by atoms with Crippen LogP contribution in [0.1, 0.15) is 17.5 Å². The predicted octanol–water partition coefficient (Wildman–Crippen LogP) is 2.34. The molecule has 0 bridgehead atoms. The van der Waals surface area contributed by atoms with Gasteiger partial charge in [-0.15, -0.1) is 0 Å². The molecule has 0 fully saturated rings. The second-order valence-corrected chi connectivity index (χ2v) is 4.81. The summed E-state index contributed by atoms with van der Waals surface area (Å²) in [6.07, 6.45) is -0.806. The van der Waals surface area contributed by atoms with Crippen molar-refractivity contribution in [2.24, 2.45) is 0 Å². The van der Waals surface area contributed by atoms with Crippen molar-refractivity contribution in [3.05, 3.63) is 93.7 Å². The van der Waals surface area contributed by atoms with Crippen molar-refractivity contribution < 1.29 is 29.6 Å². The molecule has 0 radical (unpaired) electrons. The molecule has 0 saturated heterocycles. The van der Waals surface area contributed by atoms with E-state index in [1.54, 1.807) is 24.3 Å². The zero-order chi connectivity index (χ0) is 21.0. The predicted molar refractivity (Wildman–Crippen MR) is 107 cm³/mol. The van der Waals surface area contributed by atoms with Gasteiger partial charge in [0.1, 0.15) is 6.42 Å². The minimum Gasteiger partial charge on any atom is -0.481 e. The van der Waals surface area contributed by atoms with Gasteiger partial charge in [-0.2, -0.15) is 49.2 Å². The number of carbonyl (C=O) groups is 2. The van der Waals surface area contributed by atoms with Crippen molar-refractivity contribution in [1.29, 1.82) is 0 Å². The van der Waals surface area contributed by atoms with Crippen LogP contribution >= 0.6 is 0 Å². The number of hydrogen-bond donors (Lipinski definition) is 2. The van der Waals surface area contributed by atoms with Crippen molar-refractivity contribution in [3.63, 3.8) is 0 Å². The average Bonchev–Trinajstić information content (AvgIpc) is 2.55. The van der Waals surface area contributed by atoms with E-state index in [1.807, 2.05) is 0 Å². The van der Waals surface area contributed by atoms with Crippen LogP contribution in [0.25, 0.3) is 0 Å². The van der Waals surface area contributed by atoms with Gasteiger partial charge in [0, 0.05) is 0 Å². The number of nitro benzene ring substituents is 2. The minimum atomic E-state index is -1.31. The van der Waals surface area contributed by atoms with Crippen molar-refractivity contribution in [2.75, 3.05) is 0 Å². The molecular formula is C17H16Mg2N2O8+2. The topological polar surface area (TPSA) is 161 Å². The van der Waals surface area contributed by atoms with Gasteiger partial charge in [-0.25, -0.2) is 0 Å². The third-order valence-electron chi connectivity index (χ3n) is 2.60. The Morgan fingerprint density at radius 1 is 0.724 bits per heavy atom. The van der Waals surface area contributed by atoms with E-state index in [0.717, 1.165) is 11.1 Å². The Hall–Kier alpha value is -2.55. The Balaban J connectivity index is -0.000000345. The molecule has 0 unspecified atom stereocenters. The second-order valence-electron chi connectivity index (χ2n) is 4.81. The molecule has 2 rings (SSSR count). The SMILES string of the molecule is O=C(O)CC(=O)O.[CH2-]c1ccc([N+](=O)[O-])cc1.[CH2-]c1ccc([N+](=O)[O-])cc1.[Mg+2].[Mg+2]. The number of non-ortho nitro benzene ring substituents is 2. The molecule has 0 aliphatic rings. The first-order valence-corrected chi connectivity index (χ1v) is 7.09. The normalized spacial score (nSPS) is 8.28. The van der Waals surface area contributed by atoms with E-state index < -0.39 is 28.2 Å². The number of carboxylic acid groups (broad SMARTS) is 2. The standard InChI is InChI=1S/2C7H6NO2.C3H4O4.2Mg/c2*1-6-2-4-7(5-3-6)8(9)10;4-2(5)1-3(6)7;;/h2*2-5H,1H2;1H2,(H,4,5)(H,6,7);;/q2*-1;;2*+2. The maximum Gasteiger partial charge on any atom is 2.00 e. The molecule has 0 aliphatic heterocycles. The van der Waals surface area contributed by atoms with Crippen LogP contribution < -0.4 is 0 Å². The van der Waals surface area contributed by atoms with Crippen LogP contribution in [0.4, 0.5) is 11.4 Å². The van der Waals surface area contributed by atoms with Crippen LogP contribution in [0.15, 0.2) is 48.5 Å². The van der Waals surface area contributed by atoms with Crippen LogP contribution in [-0.4, -0.2) is 78.1 Å². The minimum absolute atomic E-state index is 0. The number of rotatable bonds is 4. The summed E-state index contributed by atoms with van der Waals surface area (Å²) in [5.74, 6) is -2.62. The van der Waals surface area contributed by atoms with E-state index >= 15 is 0 Å². The fraction of sp³-hybridized carbons (Fsp3) is 0.0588. The number of aliphatic carboxylic acids is 2. The molecule has 0 heterocycles. The molecule has 2 aromatic rings. The number of nitro groups is 2. The van der Waals surface area contributed by atoms with Crippen molar-refractivity contribution >= 4 is 69.4 Å². The summed E-state index contributed by atoms with van der Waals surface area (Å²) in [6.45, 7) is 7.20. The Labute approximate surface area is 198 Å². The molecule has 2 N–H and O–H groups in total. The summed E-state index contributed by atoms with van der Waals surface area (Å²) >= 11 is 0. The van der Waals surface area contributed by atoms with Crippen LogP contribution in [0.2, 0.25) is 0 Å². The summed E-state index contributed by atoms with van der Waals surface area (Å²) in [5, 5.41) is 35.6. The van der Waals surface area contributed by atoms with Crippen LogP contribution in [0, 0.1) is 34.1 Å². The van der Waals surface area contributed by atoms with Gasteiger partial charge in [0.15, 0.2) is 0 Å². The largest absolute Gasteiger partial charge is 2.00 e. The third kappa shape index (κ3) is 16.1. The van der Waals surface area contributed by atoms with E-state index in [4.69, 9.17) is 10.2 Å². The first-order chi connectivity index (χ1) is 12.5. The Bertz CT molecular complexity index is 729. The first-order valence-electron chi connectivity index (χ1n) is 7.09. The molecule has 0 spiro atoms. The molecular weight excluding hydrogens is 409 g/mol. The molecule has 0 aromatic heterocycles. The Morgan fingerprint density at radius 2 is 0.966 bits per heavy atom. The smallest absolute Gasteiger partial charge is 0.481 e. The summed E-state index contributed by atoms with van der Waals surface area (Å²) in [5.41, 5.74) is 1.77. The zero-order valence-corrected chi connectivity index (χ0v) is 18.2. The quantitative estimate of drug-likeness (QED) is 0.248. The number of benzene rings is 2. The molecule has 2 aromatic carbocycles. The van der Waals surface area contributed by atoms with Crippen molar-refractivity contribution in [2.45, 2.75) is 6.42 Å². The Kier molecular flexibility index (Phi) is 17.6. The third-order valence-corrected chi connectivity index (χ3v) is 2.60. The molecule has 12 heteroatoms. The van der Waals surface area contributed by atoms with Gasteiger partial charge in [-0.3, -0.25) is 29.8 Å². The van der Waals surface area contributed by atoms with Gasteiger partial charge < -0.3 is 10.2 Å². The van der Waals surface area contributed by atoms with Crippen LogP contribution in [0.3, 0.4) is 0 Å². The molecule has 144 valence electrons. The molecule has 0 atom stereocenters. The van der Waals surface area contributed by atoms with Gasteiger partial charge in [-0.1, -0.05) is 0 Å². The number of carboxylic acids is 2. The number of nitrogens with zero attached hydrogens (tertiary/aromatic N) is 2. The van der Waals surface area contributed by atoms with Crippen LogP contribution in [0.5, 0.6) is 0 Å². The summed E-state index contributed by atoms with van der Waals surface area (Å²) in [6, 6.07) is 12.2.